The van der Waals surface area contributed by atoms with Crippen LogP contribution in [0.25, 0.3) is 0 Å². The number of nitrogens with one attached hydrogen (secondary N) is 2. The average Bonchev–Trinajstić information content (AvgIpc) is 2.88. The van der Waals surface area contributed by atoms with Crippen LogP contribution in [0.3, 0.4) is 0 Å². The molecule has 30 heavy (non-hydrogen) atoms. The summed E-state index contributed by atoms with van der Waals surface area (Å²) in [4.78, 5) is 28.6. The summed E-state index contributed by atoms with van der Waals surface area (Å²) in [5.41, 5.74) is 1.71. The van der Waals surface area contributed by atoms with E-state index in [-0.39, 0.29) is 30.4 Å². The summed E-state index contributed by atoms with van der Waals surface area (Å²) in [5.74, 6) is -2.37. The molecular weight excluding hydrogens is 412 g/mol. The number of thioether (sulfide) groups is 1. The van der Waals surface area contributed by atoms with Gasteiger partial charge in [0.2, 0.25) is 5.91 Å². The molecule has 0 unspecified atom stereocenters. The molecule has 1 amide bonds. The Labute approximate surface area is 176 Å². The van der Waals surface area contributed by atoms with Gasteiger partial charge in [0.25, 0.3) is 0 Å². The van der Waals surface area contributed by atoms with Crippen LogP contribution in [0, 0.1) is 11.6 Å². The van der Waals surface area contributed by atoms with Gasteiger partial charge in [0, 0.05) is 11.8 Å². The highest BCUT2D eigenvalue weighted by molar-refractivity contribution is 8.14. The van der Waals surface area contributed by atoms with Crippen molar-refractivity contribution in [1.29, 1.82) is 0 Å². The van der Waals surface area contributed by atoms with Gasteiger partial charge in [-0.3, -0.25) is 9.59 Å². The van der Waals surface area contributed by atoms with Crippen molar-refractivity contribution in [3.63, 3.8) is 0 Å². The SMILES string of the molecule is CCOC(=O)CC1=CC(SCC(=O)Nc2cc(F)ccc2F)=Nc2ccccc2N1. The topological polar surface area (TPSA) is 79.8 Å². The quantitative estimate of drug-likeness (QED) is 0.652. The summed E-state index contributed by atoms with van der Waals surface area (Å²) in [5, 5.41) is 5.99. The van der Waals surface area contributed by atoms with Crippen LogP contribution < -0.4 is 10.6 Å². The van der Waals surface area contributed by atoms with E-state index in [1.54, 1.807) is 19.1 Å². The van der Waals surface area contributed by atoms with Crippen LogP contribution in [0.1, 0.15) is 13.3 Å². The van der Waals surface area contributed by atoms with Gasteiger partial charge < -0.3 is 15.4 Å². The van der Waals surface area contributed by atoms with E-state index >= 15 is 0 Å². The minimum atomic E-state index is -0.726. The van der Waals surface area contributed by atoms with Crippen molar-refractivity contribution in [3.8, 4) is 0 Å². The van der Waals surface area contributed by atoms with Gasteiger partial charge in [0.05, 0.1) is 40.9 Å². The third-order valence-electron chi connectivity index (χ3n) is 3.92. The Morgan fingerprint density at radius 2 is 2.00 bits per heavy atom. The minimum Gasteiger partial charge on any atom is -0.466 e. The Morgan fingerprint density at radius 1 is 1.20 bits per heavy atom. The molecule has 2 aromatic carbocycles. The van der Waals surface area contributed by atoms with E-state index in [1.807, 2.05) is 18.2 Å². The van der Waals surface area contributed by atoms with Gasteiger partial charge in [-0.25, -0.2) is 13.8 Å². The first kappa shape index (κ1) is 21.5. The predicted octanol–water partition coefficient (Wildman–Crippen LogP) is 4.63. The second-order valence-corrected chi connectivity index (χ2v) is 7.20. The molecule has 0 radical (unpaired) electrons. The highest BCUT2D eigenvalue weighted by Gasteiger charge is 2.16. The van der Waals surface area contributed by atoms with Gasteiger partial charge in [-0.05, 0) is 37.3 Å². The van der Waals surface area contributed by atoms with Crippen molar-refractivity contribution >= 4 is 45.7 Å². The average molecular weight is 431 g/mol. The fourth-order valence-electron chi connectivity index (χ4n) is 2.64. The van der Waals surface area contributed by atoms with Gasteiger partial charge in [-0.1, -0.05) is 23.9 Å². The number of nitrogens with zero attached hydrogens (tertiary/aromatic N) is 1. The molecular formula is C21H19F2N3O3S. The maximum absolute atomic E-state index is 13.7. The number of para-hydroxylation sites is 2. The van der Waals surface area contributed by atoms with Crippen molar-refractivity contribution < 1.29 is 23.1 Å². The molecule has 1 aliphatic rings. The zero-order valence-electron chi connectivity index (χ0n) is 16.1. The number of esters is 1. The lowest BCUT2D eigenvalue weighted by Gasteiger charge is -2.10. The van der Waals surface area contributed by atoms with Crippen LogP contribution in [-0.4, -0.2) is 29.3 Å². The highest BCUT2D eigenvalue weighted by Crippen LogP contribution is 2.31. The number of carbonyl (C=O) groups excluding carboxylic acids is 2. The molecule has 0 saturated carbocycles. The maximum atomic E-state index is 13.7. The van der Waals surface area contributed by atoms with E-state index < -0.39 is 17.5 Å². The minimum absolute atomic E-state index is 0.0163. The molecule has 156 valence electrons. The number of halogens is 2. The Morgan fingerprint density at radius 3 is 2.80 bits per heavy atom. The van der Waals surface area contributed by atoms with E-state index in [0.717, 1.165) is 35.6 Å². The number of anilines is 2. The van der Waals surface area contributed by atoms with Crippen LogP contribution in [0.2, 0.25) is 0 Å². The summed E-state index contributed by atoms with van der Waals surface area (Å²) in [6.07, 6.45) is 1.68. The first-order valence-electron chi connectivity index (χ1n) is 9.13. The van der Waals surface area contributed by atoms with Crippen molar-refractivity contribution in [2.75, 3.05) is 23.0 Å². The lowest BCUT2D eigenvalue weighted by Crippen LogP contribution is -2.16. The lowest BCUT2D eigenvalue weighted by molar-refractivity contribution is -0.142. The lowest BCUT2D eigenvalue weighted by atomic mass is 10.2. The summed E-state index contributed by atoms with van der Waals surface area (Å²) in [6, 6.07) is 10.1. The first-order chi connectivity index (χ1) is 14.4. The van der Waals surface area contributed by atoms with Crippen molar-refractivity contribution in [2.24, 2.45) is 4.99 Å². The number of fused-ring (bicyclic) bond motifs is 1. The van der Waals surface area contributed by atoms with Crippen LogP contribution >= 0.6 is 11.8 Å². The number of hydrogen-bond donors (Lipinski definition) is 2. The van der Waals surface area contributed by atoms with Crippen LogP contribution in [-0.2, 0) is 14.3 Å². The summed E-state index contributed by atoms with van der Waals surface area (Å²) >= 11 is 1.11. The molecule has 0 saturated heterocycles. The Bertz CT molecular complexity index is 1020. The van der Waals surface area contributed by atoms with Crippen LogP contribution in [0.5, 0.6) is 0 Å². The number of carbonyl (C=O) groups is 2. The highest BCUT2D eigenvalue weighted by atomic mass is 32.2. The molecule has 2 aromatic rings. The molecule has 0 spiro atoms. The summed E-state index contributed by atoms with van der Waals surface area (Å²) < 4.78 is 32.0. The van der Waals surface area contributed by atoms with Crippen molar-refractivity contribution in [1.82, 2.24) is 0 Å². The second-order valence-electron chi connectivity index (χ2n) is 6.20. The number of amides is 1. The van der Waals surface area contributed by atoms with Gasteiger partial charge in [0.1, 0.15) is 11.6 Å². The summed E-state index contributed by atoms with van der Waals surface area (Å²) in [7, 11) is 0. The van der Waals surface area contributed by atoms with Gasteiger partial charge >= 0.3 is 5.97 Å². The standard InChI is InChI=1S/C21H19F2N3O3S/c1-2-29-21(28)11-14-10-20(26-17-6-4-3-5-16(17)24-14)30-12-19(27)25-18-9-13(22)7-8-15(18)23/h3-10,24H,2,11-12H2,1H3,(H,25,27). The zero-order chi connectivity index (χ0) is 21.5. The molecule has 3 rings (SSSR count). The Balaban J connectivity index is 1.73. The van der Waals surface area contributed by atoms with E-state index in [0.29, 0.717) is 16.4 Å². The summed E-state index contributed by atoms with van der Waals surface area (Å²) in [6.45, 7) is 2.00. The van der Waals surface area contributed by atoms with Crippen LogP contribution in [0.4, 0.5) is 25.8 Å². The molecule has 0 aromatic heterocycles. The fraction of sp³-hybridized carbons (Fsp3) is 0.190. The number of aliphatic imine (C=N–C) groups is 1. The predicted molar refractivity (Wildman–Crippen MR) is 114 cm³/mol. The number of rotatable bonds is 6. The molecule has 0 bridgehead atoms. The second kappa shape index (κ2) is 10.0. The van der Waals surface area contributed by atoms with Crippen molar-refractivity contribution in [3.05, 3.63) is 65.9 Å². The smallest absolute Gasteiger partial charge is 0.311 e. The number of ether oxygens (including phenoxy) is 1. The number of hydrogen-bond acceptors (Lipinski definition) is 6. The van der Waals surface area contributed by atoms with E-state index in [2.05, 4.69) is 15.6 Å². The van der Waals surface area contributed by atoms with Gasteiger partial charge in [-0.15, -0.1) is 0 Å². The van der Waals surface area contributed by atoms with Gasteiger partial charge in [0.15, 0.2) is 0 Å². The zero-order valence-corrected chi connectivity index (χ0v) is 16.9. The molecule has 1 aliphatic heterocycles. The maximum Gasteiger partial charge on any atom is 0.311 e. The third kappa shape index (κ3) is 5.90. The number of benzene rings is 2. The van der Waals surface area contributed by atoms with E-state index in [9.17, 15) is 18.4 Å². The molecule has 0 aliphatic carbocycles. The van der Waals surface area contributed by atoms with Gasteiger partial charge in [-0.2, -0.15) is 0 Å². The van der Waals surface area contributed by atoms with Crippen LogP contribution in [0.15, 0.2) is 59.2 Å². The molecule has 9 heteroatoms. The molecule has 1 heterocycles. The van der Waals surface area contributed by atoms with Crippen molar-refractivity contribution in [2.45, 2.75) is 13.3 Å². The van der Waals surface area contributed by atoms with E-state index in [4.69, 9.17) is 4.74 Å². The fourth-order valence-corrected chi connectivity index (χ4v) is 3.38. The molecule has 6 nitrogen and oxygen atoms in total. The first-order valence-corrected chi connectivity index (χ1v) is 10.1. The van der Waals surface area contributed by atoms with E-state index in [1.165, 1.54) is 0 Å². The monoisotopic (exact) mass is 431 g/mol. The Kier molecular flexibility index (Phi) is 7.18. The largest absolute Gasteiger partial charge is 0.466 e. The Hall–Kier alpha value is -3.20. The molecule has 0 fully saturated rings. The third-order valence-corrected chi connectivity index (χ3v) is 4.83. The molecule has 2 N–H and O–H groups in total. The normalized spacial score (nSPS) is 12.6. The molecule has 0 atom stereocenters.